The predicted molar refractivity (Wildman–Crippen MR) is 52.3 cm³/mol. The van der Waals surface area contributed by atoms with Crippen LogP contribution in [0.5, 0.6) is 0 Å². The van der Waals surface area contributed by atoms with Crippen LogP contribution in [0.4, 0.5) is 0 Å². The van der Waals surface area contributed by atoms with Gasteiger partial charge in [0.25, 0.3) is 5.91 Å². The number of carbonyl (C=O) groups is 1. The Morgan fingerprint density at radius 1 is 1.64 bits per heavy atom. The third kappa shape index (κ3) is 3.06. The van der Waals surface area contributed by atoms with Gasteiger partial charge in [-0.15, -0.1) is 11.3 Å². The highest BCUT2D eigenvalue weighted by Gasteiger charge is 2.10. The third-order valence-corrected chi connectivity index (χ3v) is 2.38. The number of thiazole rings is 1. The SMILES string of the molecule is COC(CNC(=O)c1cncs1)OC. The van der Waals surface area contributed by atoms with Crippen molar-refractivity contribution in [1.29, 1.82) is 0 Å². The Balaban J connectivity index is 2.35. The second kappa shape index (κ2) is 5.69. The van der Waals surface area contributed by atoms with Crippen LogP contribution in [0.3, 0.4) is 0 Å². The first-order valence-electron chi connectivity index (χ1n) is 4.00. The largest absolute Gasteiger partial charge is 0.354 e. The number of hydrogen-bond acceptors (Lipinski definition) is 5. The topological polar surface area (TPSA) is 60.5 Å². The van der Waals surface area contributed by atoms with E-state index < -0.39 is 6.29 Å². The molecule has 1 heterocycles. The summed E-state index contributed by atoms with van der Waals surface area (Å²) in [5, 5.41) is 2.67. The average molecular weight is 216 g/mol. The standard InChI is InChI=1S/C8H12N2O3S/c1-12-7(13-2)4-10-8(11)6-3-9-5-14-6/h3,5,7H,4H2,1-2H3,(H,10,11). The van der Waals surface area contributed by atoms with E-state index in [4.69, 9.17) is 9.47 Å². The molecule has 1 N–H and O–H groups in total. The molecule has 78 valence electrons. The van der Waals surface area contributed by atoms with Gasteiger partial charge in [0.2, 0.25) is 0 Å². The molecule has 0 aliphatic rings. The van der Waals surface area contributed by atoms with Crippen LogP contribution in [0.2, 0.25) is 0 Å². The van der Waals surface area contributed by atoms with Crippen molar-refractivity contribution in [2.75, 3.05) is 20.8 Å². The van der Waals surface area contributed by atoms with Crippen LogP contribution >= 0.6 is 11.3 Å². The monoisotopic (exact) mass is 216 g/mol. The Morgan fingerprint density at radius 2 is 2.36 bits per heavy atom. The predicted octanol–water partition coefficient (Wildman–Crippen LogP) is 0.492. The number of nitrogens with one attached hydrogen (secondary N) is 1. The number of ether oxygens (including phenoxy) is 2. The Hall–Kier alpha value is -0.980. The Kier molecular flexibility index (Phi) is 4.51. The van der Waals surface area contributed by atoms with Gasteiger partial charge >= 0.3 is 0 Å². The smallest absolute Gasteiger partial charge is 0.263 e. The van der Waals surface area contributed by atoms with Crippen LogP contribution in [0.15, 0.2) is 11.7 Å². The molecule has 0 fully saturated rings. The van der Waals surface area contributed by atoms with Crippen molar-refractivity contribution < 1.29 is 14.3 Å². The molecule has 1 aromatic heterocycles. The molecule has 0 aromatic carbocycles. The lowest BCUT2D eigenvalue weighted by molar-refractivity contribution is -0.0974. The third-order valence-electron chi connectivity index (χ3n) is 1.61. The number of aromatic nitrogens is 1. The normalized spacial score (nSPS) is 10.5. The Labute approximate surface area is 86.1 Å². The van der Waals surface area contributed by atoms with E-state index in [9.17, 15) is 4.79 Å². The van der Waals surface area contributed by atoms with Crippen LogP contribution in [0, 0.1) is 0 Å². The second-order valence-electron chi connectivity index (χ2n) is 2.48. The van der Waals surface area contributed by atoms with Crippen molar-refractivity contribution in [3.63, 3.8) is 0 Å². The van der Waals surface area contributed by atoms with E-state index in [1.165, 1.54) is 31.8 Å². The van der Waals surface area contributed by atoms with Gasteiger partial charge in [-0.3, -0.25) is 9.78 Å². The Morgan fingerprint density at radius 3 is 2.86 bits per heavy atom. The van der Waals surface area contributed by atoms with Crippen molar-refractivity contribution in [1.82, 2.24) is 10.3 Å². The number of carbonyl (C=O) groups excluding carboxylic acids is 1. The second-order valence-corrected chi connectivity index (χ2v) is 3.36. The minimum atomic E-state index is -0.410. The molecule has 0 atom stereocenters. The van der Waals surface area contributed by atoms with Crippen LogP contribution in [0.1, 0.15) is 9.67 Å². The van der Waals surface area contributed by atoms with Crippen LogP contribution in [-0.2, 0) is 9.47 Å². The van der Waals surface area contributed by atoms with Gasteiger partial charge in [0.05, 0.1) is 18.3 Å². The molecule has 0 aliphatic heterocycles. The van der Waals surface area contributed by atoms with Crippen LogP contribution < -0.4 is 5.32 Å². The van der Waals surface area contributed by atoms with Crippen LogP contribution in [-0.4, -0.2) is 37.9 Å². The lowest BCUT2D eigenvalue weighted by Crippen LogP contribution is -2.33. The quantitative estimate of drug-likeness (QED) is 0.728. The van der Waals surface area contributed by atoms with Gasteiger partial charge < -0.3 is 14.8 Å². The lowest BCUT2D eigenvalue weighted by Gasteiger charge is -2.13. The van der Waals surface area contributed by atoms with Gasteiger partial charge in [0.1, 0.15) is 4.88 Å². The highest BCUT2D eigenvalue weighted by molar-refractivity contribution is 7.11. The Bertz CT molecular complexity index is 272. The minimum absolute atomic E-state index is 0.161. The summed E-state index contributed by atoms with van der Waals surface area (Å²) in [4.78, 5) is 15.8. The maximum atomic E-state index is 11.4. The molecule has 1 amide bonds. The van der Waals surface area contributed by atoms with E-state index >= 15 is 0 Å². The van der Waals surface area contributed by atoms with E-state index in [1.54, 1.807) is 5.51 Å². The number of hydrogen-bond donors (Lipinski definition) is 1. The molecule has 0 bridgehead atoms. The molecule has 6 heteroatoms. The molecule has 0 saturated carbocycles. The number of amides is 1. The van der Waals surface area contributed by atoms with Gasteiger partial charge in [-0.05, 0) is 0 Å². The minimum Gasteiger partial charge on any atom is -0.354 e. The number of methoxy groups -OCH3 is 2. The highest BCUT2D eigenvalue weighted by atomic mass is 32.1. The first kappa shape index (κ1) is 11.1. The maximum Gasteiger partial charge on any atom is 0.263 e. The first-order chi connectivity index (χ1) is 6.77. The fraction of sp³-hybridized carbons (Fsp3) is 0.500. The molecule has 0 unspecified atom stereocenters. The molecule has 0 radical (unpaired) electrons. The van der Waals surface area contributed by atoms with E-state index in [-0.39, 0.29) is 5.91 Å². The summed E-state index contributed by atoms with van der Waals surface area (Å²) in [6.07, 6.45) is 1.11. The van der Waals surface area contributed by atoms with Crippen molar-refractivity contribution in [3.8, 4) is 0 Å². The molecular weight excluding hydrogens is 204 g/mol. The van der Waals surface area contributed by atoms with Crippen molar-refractivity contribution in [2.45, 2.75) is 6.29 Å². The lowest BCUT2D eigenvalue weighted by atomic mass is 10.5. The highest BCUT2D eigenvalue weighted by Crippen LogP contribution is 2.04. The number of rotatable bonds is 5. The fourth-order valence-corrected chi connectivity index (χ4v) is 1.39. The summed E-state index contributed by atoms with van der Waals surface area (Å²) in [7, 11) is 3.04. The van der Waals surface area contributed by atoms with E-state index in [2.05, 4.69) is 10.3 Å². The van der Waals surface area contributed by atoms with Crippen molar-refractivity contribution in [3.05, 3.63) is 16.6 Å². The summed E-state index contributed by atoms with van der Waals surface area (Å²) >= 11 is 1.29. The zero-order valence-electron chi connectivity index (χ0n) is 8.02. The zero-order valence-corrected chi connectivity index (χ0v) is 8.84. The average Bonchev–Trinajstić information content (AvgIpc) is 2.72. The van der Waals surface area contributed by atoms with E-state index in [0.29, 0.717) is 11.4 Å². The van der Waals surface area contributed by atoms with Crippen molar-refractivity contribution in [2.24, 2.45) is 0 Å². The van der Waals surface area contributed by atoms with Gasteiger partial charge in [-0.1, -0.05) is 0 Å². The van der Waals surface area contributed by atoms with E-state index in [1.807, 2.05) is 0 Å². The first-order valence-corrected chi connectivity index (χ1v) is 4.88. The molecular formula is C8H12N2O3S. The maximum absolute atomic E-state index is 11.4. The van der Waals surface area contributed by atoms with Crippen molar-refractivity contribution >= 4 is 17.2 Å². The fourth-order valence-electron chi connectivity index (χ4n) is 0.854. The molecule has 0 spiro atoms. The van der Waals surface area contributed by atoms with Gasteiger partial charge in [-0.25, -0.2) is 0 Å². The van der Waals surface area contributed by atoms with Crippen LogP contribution in [0.25, 0.3) is 0 Å². The summed E-state index contributed by atoms with van der Waals surface area (Å²) in [5.74, 6) is -0.161. The zero-order chi connectivity index (χ0) is 10.4. The molecule has 5 nitrogen and oxygen atoms in total. The summed E-state index contributed by atoms with van der Waals surface area (Å²) in [5.41, 5.74) is 1.61. The summed E-state index contributed by atoms with van der Waals surface area (Å²) in [6.45, 7) is 0.323. The van der Waals surface area contributed by atoms with E-state index in [0.717, 1.165) is 0 Å². The molecule has 1 rings (SSSR count). The summed E-state index contributed by atoms with van der Waals surface area (Å²) < 4.78 is 9.84. The van der Waals surface area contributed by atoms with Gasteiger partial charge in [0, 0.05) is 14.2 Å². The summed E-state index contributed by atoms with van der Waals surface area (Å²) in [6, 6.07) is 0. The van der Waals surface area contributed by atoms with Gasteiger partial charge in [-0.2, -0.15) is 0 Å². The molecule has 0 saturated heterocycles. The molecule has 14 heavy (non-hydrogen) atoms. The molecule has 0 aliphatic carbocycles. The molecule has 1 aromatic rings. The number of nitrogens with zero attached hydrogens (tertiary/aromatic N) is 1. The van der Waals surface area contributed by atoms with Gasteiger partial charge in [0.15, 0.2) is 6.29 Å².